The molecule has 1 saturated heterocycles. The van der Waals surface area contributed by atoms with Crippen molar-refractivity contribution in [2.45, 2.75) is 71.7 Å². The highest BCUT2D eigenvalue weighted by molar-refractivity contribution is 5.75. The normalized spacial score (nSPS) is 19.6. The van der Waals surface area contributed by atoms with Crippen LogP contribution < -0.4 is 0 Å². The average molecular weight is 326 g/mol. The summed E-state index contributed by atoms with van der Waals surface area (Å²) in [6.07, 6.45) is 4.15. The lowest BCUT2D eigenvalue weighted by atomic mass is 9.97. The molecule has 0 aliphatic carbocycles. The SMILES string of the molecule is CC(C)(C)C(=O)OCCC[C@H](O)CC#CCO[C@H]1CCCCO1. The van der Waals surface area contributed by atoms with Crippen LogP contribution in [0.3, 0.4) is 0 Å². The Morgan fingerprint density at radius 1 is 1.35 bits per heavy atom. The number of aliphatic hydroxyl groups excluding tert-OH is 1. The topological polar surface area (TPSA) is 65.0 Å². The minimum Gasteiger partial charge on any atom is -0.465 e. The quantitative estimate of drug-likeness (QED) is 0.443. The van der Waals surface area contributed by atoms with E-state index in [1.54, 1.807) is 0 Å². The van der Waals surface area contributed by atoms with Gasteiger partial charge in [0.2, 0.25) is 0 Å². The lowest BCUT2D eigenvalue weighted by Gasteiger charge is -2.21. The fraction of sp³-hybridized carbons (Fsp3) is 0.833. The molecule has 5 heteroatoms. The first-order valence-electron chi connectivity index (χ1n) is 8.44. The highest BCUT2D eigenvalue weighted by Crippen LogP contribution is 2.15. The summed E-state index contributed by atoms with van der Waals surface area (Å²) in [6, 6.07) is 0. The van der Waals surface area contributed by atoms with Gasteiger partial charge in [-0.3, -0.25) is 4.79 Å². The van der Waals surface area contributed by atoms with Crippen LogP contribution in [0.15, 0.2) is 0 Å². The fourth-order valence-corrected chi connectivity index (χ4v) is 2.02. The zero-order valence-electron chi connectivity index (χ0n) is 14.6. The molecule has 0 radical (unpaired) electrons. The van der Waals surface area contributed by atoms with Crippen LogP contribution in [0.4, 0.5) is 0 Å². The molecule has 132 valence electrons. The van der Waals surface area contributed by atoms with Gasteiger partial charge < -0.3 is 19.3 Å². The van der Waals surface area contributed by atoms with Crippen molar-refractivity contribution >= 4 is 5.97 Å². The number of hydrogen-bond donors (Lipinski definition) is 1. The van der Waals surface area contributed by atoms with E-state index in [0.717, 1.165) is 25.9 Å². The molecule has 0 saturated carbocycles. The van der Waals surface area contributed by atoms with Crippen LogP contribution in [0.1, 0.15) is 59.3 Å². The third-order valence-corrected chi connectivity index (χ3v) is 3.47. The second kappa shape index (κ2) is 10.6. The van der Waals surface area contributed by atoms with Gasteiger partial charge in [0.05, 0.1) is 18.1 Å². The van der Waals surface area contributed by atoms with Crippen molar-refractivity contribution in [3.63, 3.8) is 0 Å². The fourth-order valence-electron chi connectivity index (χ4n) is 2.02. The number of carbonyl (C=O) groups is 1. The minimum absolute atomic E-state index is 0.125. The first-order chi connectivity index (χ1) is 10.9. The van der Waals surface area contributed by atoms with Crippen LogP contribution in [0.25, 0.3) is 0 Å². The molecule has 0 amide bonds. The second-order valence-electron chi connectivity index (χ2n) is 6.85. The number of esters is 1. The van der Waals surface area contributed by atoms with Gasteiger partial charge in [0.25, 0.3) is 0 Å². The monoisotopic (exact) mass is 326 g/mol. The number of rotatable bonds is 7. The molecule has 1 aliphatic rings. The molecule has 1 heterocycles. The maximum atomic E-state index is 11.6. The number of carbonyl (C=O) groups excluding carboxylic acids is 1. The molecule has 0 unspecified atom stereocenters. The van der Waals surface area contributed by atoms with Gasteiger partial charge in [-0.15, -0.1) is 0 Å². The van der Waals surface area contributed by atoms with Crippen molar-refractivity contribution in [1.29, 1.82) is 0 Å². The zero-order chi connectivity index (χ0) is 17.1. The highest BCUT2D eigenvalue weighted by atomic mass is 16.7. The summed E-state index contributed by atoms with van der Waals surface area (Å²) in [5.74, 6) is 5.59. The van der Waals surface area contributed by atoms with Crippen LogP contribution in [-0.4, -0.2) is 43.3 Å². The van der Waals surface area contributed by atoms with Gasteiger partial charge >= 0.3 is 5.97 Å². The van der Waals surface area contributed by atoms with Crippen LogP contribution >= 0.6 is 0 Å². The lowest BCUT2D eigenvalue weighted by Crippen LogP contribution is -2.23. The molecule has 5 nitrogen and oxygen atoms in total. The highest BCUT2D eigenvalue weighted by Gasteiger charge is 2.22. The molecule has 1 fully saturated rings. The van der Waals surface area contributed by atoms with Gasteiger partial charge in [-0.1, -0.05) is 11.8 Å². The molecule has 0 aromatic heterocycles. The van der Waals surface area contributed by atoms with Crippen LogP contribution in [0.2, 0.25) is 0 Å². The molecule has 23 heavy (non-hydrogen) atoms. The van der Waals surface area contributed by atoms with Crippen molar-refractivity contribution in [2.75, 3.05) is 19.8 Å². The van der Waals surface area contributed by atoms with Gasteiger partial charge in [-0.25, -0.2) is 0 Å². The summed E-state index contributed by atoms with van der Waals surface area (Å²) in [7, 11) is 0. The number of aliphatic hydroxyl groups is 1. The van der Waals surface area contributed by atoms with E-state index >= 15 is 0 Å². The Morgan fingerprint density at radius 2 is 2.13 bits per heavy atom. The molecule has 0 aromatic carbocycles. The Hall–Kier alpha value is -1.09. The molecule has 2 atom stereocenters. The molecular weight excluding hydrogens is 296 g/mol. The van der Waals surface area contributed by atoms with Gasteiger partial charge in [-0.05, 0) is 52.9 Å². The van der Waals surface area contributed by atoms with Crippen molar-refractivity contribution in [3.8, 4) is 11.8 Å². The lowest BCUT2D eigenvalue weighted by molar-refractivity contribution is -0.154. The smallest absolute Gasteiger partial charge is 0.311 e. The van der Waals surface area contributed by atoms with E-state index in [-0.39, 0.29) is 12.3 Å². The average Bonchev–Trinajstić information content (AvgIpc) is 2.51. The van der Waals surface area contributed by atoms with Crippen LogP contribution in [0, 0.1) is 17.3 Å². The van der Waals surface area contributed by atoms with Gasteiger partial charge in [0.15, 0.2) is 6.29 Å². The van der Waals surface area contributed by atoms with E-state index in [4.69, 9.17) is 14.2 Å². The van der Waals surface area contributed by atoms with Gasteiger partial charge in [0.1, 0.15) is 6.61 Å². The Balaban J connectivity index is 2.02. The zero-order valence-corrected chi connectivity index (χ0v) is 14.6. The van der Waals surface area contributed by atoms with E-state index in [9.17, 15) is 9.90 Å². The van der Waals surface area contributed by atoms with Crippen molar-refractivity contribution in [2.24, 2.45) is 5.41 Å². The molecule has 1 aliphatic heterocycles. The second-order valence-corrected chi connectivity index (χ2v) is 6.85. The third kappa shape index (κ3) is 9.60. The first-order valence-corrected chi connectivity index (χ1v) is 8.44. The summed E-state index contributed by atoms with van der Waals surface area (Å²) in [5.41, 5.74) is -0.480. The van der Waals surface area contributed by atoms with Crippen LogP contribution in [-0.2, 0) is 19.0 Å². The predicted molar refractivity (Wildman–Crippen MR) is 87.6 cm³/mol. The molecule has 1 rings (SSSR count). The molecule has 0 spiro atoms. The van der Waals surface area contributed by atoms with Crippen molar-refractivity contribution < 1.29 is 24.1 Å². The standard InChI is InChI=1S/C18H30O5/c1-18(2,3)17(20)23-14-8-10-15(19)9-4-6-12-21-16-11-5-7-13-22-16/h15-16,19H,5,7-14H2,1-3H3/t15-,16-/m1/s1. The maximum Gasteiger partial charge on any atom is 0.311 e. The maximum absolute atomic E-state index is 11.6. The number of hydrogen-bond acceptors (Lipinski definition) is 5. The first kappa shape index (κ1) is 20.0. The predicted octanol–water partition coefficient (Wildman–Crippen LogP) is 2.65. The Morgan fingerprint density at radius 3 is 2.78 bits per heavy atom. The molecule has 0 aromatic rings. The van der Waals surface area contributed by atoms with Crippen molar-refractivity contribution in [1.82, 2.24) is 0 Å². The summed E-state index contributed by atoms with van der Waals surface area (Å²) < 4.78 is 16.1. The van der Waals surface area contributed by atoms with Gasteiger partial charge in [0, 0.05) is 13.0 Å². The Kier molecular flexibility index (Phi) is 9.23. The van der Waals surface area contributed by atoms with Gasteiger partial charge in [-0.2, -0.15) is 0 Å². The number of ether oxygens (including phenoxy) is 3. The van der Waals surface area contributed by atoms with E-state index in [1.807, 2.05) is 20.8 Å². The molecular formula is C18H30O5. The van der Waals surface area contributed by atoms with E-state index in [0.29, 0.717) is 32.5 Å². The summed E-state index contributed by atoms with van der Waals surface area (Å²) in [6.45, 7) is 6.89. The largest absolute Gasteiger partial charge is 0.465 e. The summed E-state index contributed by atoms with van der Waals surface area (Å²) >= 11 is 0. The van der Waals surface area contributed by atoms with E-state index in [1.165, 1.54) is 0 Å². The summed E-state index contributed by atoms with van der Waals surface area (Å²) in [5, 5.41) is 9.81. The van der Waals surface area contributed by atoms with E-state index in [2.05, 4.69) is 11.8 Å². The summed E-state index contributed by atoms with van der Waals surface area (Å²) in [4.78, 5) is 11.6. The molecule has 0 bridgehead atoms. The minimum atomic E-state index is -0.498. The van der Waals surface area contributed by atoms with Crippen molar-refractivity contribution in [3.05, 3.63) is 0 Å². The Bertz CT molecular complexity index is 396. The van der Waals surface area contributed by atoms with Crippen LogP contribution in [0.5, 0.6) is 0 Å². The van der Waals surface area contributed by atoms with E-state index < -0.39 is 11.5 Å². The Labute approximate surface area is 139 Å². The third-order valence-electron chi connectivity index (χ3n) is 3.47. The molecule has 1 N–H and O–H groups in total.